The van der Waals surface area contributed by atoms with Crippen molar-refractivity contribution in [1.82, 2.24) is 15.2 Å². The lowest BCUT2D eigenvalue weighted by Gasteiger charge is -2.31. The van der Waals surface area contributed by atoms with Gasteiger partial charge in [-0.2, -0.15) is 13.2 Å². The highest BCUT2D eigenvalue weighted by Crippen LogP contribution is 2.31. The van der Waals surface area contributed by atoms with E-state index in [1.54, 1.807) is 19.3 Å². The van der Waals surface area contributed by atoms with E-state index in [2.05, 4.69) is 10.3 Å². The standard InChI is InChI=1S/C21H24F3N3O/c1-15(16-6-8-18(9-7-16)21(22,23)24)26-20(28)27-14-4-2-3-5-19(27)17-10-12-25-13-11-17/h6-13,15,19H,2-5,14H2,1H3,(H,26,28). The highest BCUT2D eigenvalue weighted by molar-refractivity contribution is 5.75. The molecular formula is C21H24F3N3O. The number of nitrogens with one attached hydrogen (secondary N) is 1. The number of benzene rings is 1. The second kappa shape index (κ2) is 8.63. The molecular weight excluding hydrogens is 367 g/mol. The summed E-state index contributed by atoms with van der Waals surface area (Å²) in [6, 6.07) is 8.16. The first kappa shape index (κ1) is 20.2. The van der Waals surface area contributed by atoms with Crippen LogP contribution in [0.1, 0.15) is 61.4 Å². The van der Waals surface area contributed by atoms with E-state index in [1.165, 1.54) is 12.1 Å². The maximum Gasteiger partial charge on any atom is 0.416 e. The fourth-order valence-electron chi connectivity index (χ4n) is 3.60. The first-order chi connectivity index (χ1) is 13.4. The van der Waals surface area contributed by atoms with Crippen LogP contribution in [-0.4, -0.2) is 22.5 Å². The van der Waals surface area contributed by atoms with Crippen molar-refractivity contribution in [3.8, 4) is 0 Å². The molecule has 1 saturated heterocycles. The zero-order valence-electron chi connectivity index (χ0n) is 15.7. The maximum atomic E-state index is 13.0. The van der Waals surface area contributed by atoms with Crippen molar-refractivity contribution in [3.05, 3.63) is 65.5 Å². The van der Waals surface area contributed by atoms with E-state index in [4.69, 9.17) is 0 Å². The Morgan fingerprint density at radius 3 is 2.43 bits per heavy atom. The number of alkyl halides is 3. The Bertz CT molecular complexity index is 778. The predicted octanol–water partition coefficient (Wildman–Crippen LogP) is 5.49. The number of likely N-dealkylation sites (tertiary alicyclic amines) is 1. The number of carbonyl (C=O) groups is 1. The van der Waals surface area contributed by atoms with Crippen molar-refractivity contribution in [1.29, 1.82) is 0 Å². The van der Waals surface area contributed by atoms with Crippen molar-refractivity contribution in [2.24, 2.45) is 0 Å². The van der Waals surface area contributed by atoms with Crippen LogP contribution in [0.25, 0.3) is 0 Å². The summed E-state index contributed by atoms with van der Waals surface area (Å²) in [6.45, 7) is 2.43. The van der Waals surface area contributed by atoms with Crippen LogP contribution in [0.5, 0.6) is 0 Å². The normalized spacial score (nSPS) is 19.0. The van der Waals surface area contributed by atoms with Gasteiger partial charge in [-0.05, 0) is 55.2 Å². The summed E-state index contributed by atoms with van der Waals surface area (Å²) in [5.41, 5.74) is 0.992. The molecule has 0 aliphatic carbocycles. The van der Waals surface area contributed by atoms with Crippen LogP contribution in [0.15, 0.2) is 48.8 Å². The van der Waals surface area contributed by atoms with Crippen LogP contribution in [-0.2, 0) is 6.18 Å². The molecule has 2 unspecified atom stereocenters. The number of aromatic nitrogens is 1. The molecule has 4 nitrogen and oxygen atoms in total. The lowest BCUT2D eigenvalue weighted by Crippen LogP contribution is -2.43. The van der Waals surface area contributed by atoms with Gasteiger partial charge in [-0.15, -0.1) is 0 Å². The largest absolute Gasteiger partial charge is 0.416 e. The van der Waals surface area contributed by atoms with Crippen molar-refractivity contribution >= 4 is 6.03 Å². The van der Waals surface area contributed by atoms with Gasteiger partial charge in [0.2, 0.25) is 0 Å². The van der Waals surface area contributed by atoms with Gasteiger partial charge < -0.3 is 10.2 Å². The van der Waals surface area contributed by atoms with Crippen LogP contribution in [0, 0.1) is 0 Å². The Morgan fingerprint density at radius 2 is 1.79 bits per heavy atom. The third-order valence-electron chi connectivity index (χ3n) is 5.18. The van der Waals surface area contributed by atoms with Gasteiger partial charge in [0.25, 0.3) is 0 Å². The van der Waals surface area contributed by atoms with Gasteiger partial charge >= 0.3 is 12.2 Å². The highest BCUT2D eigenvalue weighted by atomic mass is 19.4. The molecule has 1 N–H and O–H groups in total. The number of hydrogen-bond acceptors (Lipinski definition) is 2. The molecule has 1 aliphatic rings. The Balaban J connectivity index is 1.72. The molecule has 1 aliphatic heterocycles. The molecule has 1 aromatic carbocycles. The first-order valence-corrected chi connectivity index (χ1v) is 9.50. The number of carbonyl (C=O) groups excluding carboxylic acids is 1. The summed E-state index contributed by atoms with van der Waals surface area (Å²) >= 11 is 0. The molecule has 3 rings (SSSR count). The second-order valence-electron chi connectivity index (χ2n) is 7.13. The third-order valence-corrected chi connectivity index (χ3v) is 5.18. The number of hydrogen-bond donors (Lipinski definition) is 1. The van der Waals surface area contributed by atoms with E-state index in [0.717, 1.165) is 43.4 Å². The SMILES string of the molecule is CC(NC(=O)N1CCCCCC1c1ccncc1)c1ccc(C(F)(F)F)cc1. The molecule has 150 valence electrons. The van der Waals surface area contributed by atoms with E-state index in [-0.39, 0.29) is 12.1 Å². The fraction of sp³-hybridized carbons (Fsp3) is 0.429. The topological polar surface area (TPSA) is 45.2 Å². The van der Waals surface area contributed by atoms with Crippen LogP contribution >= 0.6 is 0 Å². The van der Waals surface area contributed by atoms with E-state index in [9.17, 15) is 18.0 Å². The summed E-state index contributed by atoms with van der Waals surface area (Å²) in [5, 5.41) is 2.94. The highest BCUT2D eigenvalue weighted by Gasteiger charge is 2.31. The van der Waals surface area contributed by atoms with Gasteiger partial charge in [0.1, 0.15) is 0 Å². The summed E-state index contributed by atoms with van der Waals surface area (Å²) in [5.74, 6) is 0. The molecule has 0 radical (unpaired) electrons. The monoisotopic (exact) mass is 391 g/mol. The first-order valence-electron chi connectivity index (χ1n) is 9.50. The van der Waals surface area contributed by atoms with Gasteiger partial charge in [-0.25, -0.2) is 4.79 Å². The molecule has 7 heteroatoms. The van der Waals surface area contributed by atoms with Crippen molar-refractivity contribution in [2.45, 2.75) is 50.9 Å². The number of pyridine rings is 1. The Hall–Kier alpha value is -2.57. The van der Waals surface area contributed by atoms with Crippen molar-refractivity contribution < 1.29 is 18.0 Å². The molecule has 0 spiro atoms. The van der Waals surface area contributed by atoms with Gasteiger partial charge in [0, 0.05) is 18.9 Å². The maximum absolute atomic E-state index is 13.0. The quantitative estimate of drug-likeness (QED) is 0.752. The van der Waals surface area contributed by atoms with Crippen molar-refractivity contribution in [2.75, 3.05) is 6.54 Å². The van der Waals surface area contributed by atoms with Gasteiger partial charge in [0.05, 0.1) is 17.6 Å². The Labute approximate surface area is 162 Å². The van der Waals surface area contributed by atoms with Gasteiger partial charge in [-0.3, -0.25) is 4.98 Å². The molecule has 28 heavy (non-hydrogen) atoms. The zero-order valence-corrected chi connectivity index (χ0v) is 15.7. The summed E-state index contributed by atoms with van der Waals surface area (Å²) < 4.78 is 38.2. The van der Waals surface area contributed by atoms with Crippen LogP contribution in [0.3, 0.4) is 0 Å². The average Bonchev–Trinajstić information content (AvgIpc) is 2.94. The zero-order chi connectivity index (χ0) is 20.1. The number of nitrogens with zero attached hydrogens (tertiary/aromatic N) is 2. The van der Waals surface area contributed by atoms with E-state index < -0.39 is 17.8 Å². The van der Waals surface area contributed by atoms with Crippen LogP contribution in [0.2, 0.25) is 0 Å². The summed E-state index contributed by atoms with van der Waals surface area (Å²) in [6.07, 6.45) is 3.01. The minimum Gasteiger partial charge on any atom is -0.331 e. The van der Waals surface area contributed by atoms with E-state index >= 15 is 0 Å². The van der Waals surface area contributed by atoms with E-state index in [1.807, 2.05) is 17.0 Å². The lowest BCUT2D eigenvalue weighted by atomic mass is 10.0. The average molecular weight is 391 g/mol. The van der Waals surface area contributed by atoms with Gasteiger partial charge in [0.15, 0.2) is 0 Å². The number of halogens is 3. The molecule has 2 atom stereocenters. The van der Waals surface area contributed by atoms with Gasteiger partial charge in [-0.1, -0.05) is 25.0 Å². The minimum atomic E-state index is -4.37. The molecule has 1 aromatic heterocycles. The van der Waals surface area contributed by atoms with Crippen LogP contribution < -0.4 is 5.32 Å². The molecule has 2 amide bonds. The lowest BCUT2D eigenvalue weighted by molar-refractivity contribution is -0.137. The Kier molecular flexibility index (Phi) is 6.21. The smallest absolute Gasteiger partial charge is 0.331 e. The molecule has 0 bridgehead atoms. The number of rotatable bonds is 3. The predicted molar refractivity (Wildman–Crippen MR) is 101 cm³/mol. The summed E-state index contributed by atoms with van der Waals surface area (Å²) in [4.78, 5) is 18.8. The van der Waals surface area contributed by atoms with Crippen LogP contribution in [0.4, 0.5) is 18.0 Å². The molecule has 2 heterocycles. The molecule has 0 saturated carbocycles. The Morgan fingerprint density at radius 1 is 1.11 bits per heavy atom. The third kappa shape index (κ3) is 4.82. The number of amides is 2. The molecule has 2 aromatic rings. The summed E-state index contributed by atoms with van der Waals surface area (Å²) in [7, 11) is 0. The fourth-order valence-corrected chi connectivity index (χ4v) is 3.60. The molecule has 1 fully saturated rings. The van der Waals surface area contributed by atoms with E-state index in [0.29, 0.717) is 12.1 Å². The number of urea groups is 1. The second-order valence-corrected chi connectivity index (χ2v) is 7.13. The van der Waals surface area contributed by atoms with Crippen molar-refractivity contribution in [3.63, 3.8) is 0 Å². The minimum absolute atomic E-state index is 0.0229.